The number of amides is 1. The van der Waals surface area contributed by atoms with Gasteiger partial charge < -0.3 is 0 Å². The Morgan fingerprint density at radius 1 is 1.18 bits per heavy atom. The quantitative estimate of drug-likeness (QED) is 0.290. The average Bonchev–Trinajstić information content (AvgIpc) is 3.46. The molecule has 4 aromatic rings. The van der Waals surface area contributed by atoms with E-state index < -0.39 is 21.8 Å². The molecule has 206 valence electrons. The number of halogens is 2. The summed E-state index contributed by atoms with van der Waals surface area (Å²) in [6, 6.07) is 10.4. The number of hydrogen-bond acceptors (Lipinski definition) is 6. The number of thiazole rings is 1. The summed E-state index contributed by atoms with van der Waals surface area (Å²) in [6.45, 7) is 6.96. The highest BCUT2D eigenvalue weighted by Crippen LogP contribution is 2.35. The molecule has 0 bridgehead atoms. The maximum atomic E-state index is 14.1. The third-order valence-corrected chi connectivity index (χ3v) is 10.1. The molecule has 1 unspecified atom stereocenters. The molecule has 39 heavy (non-hydrogen) atoms. The number of hydrogen-bond donors (Lipinski definition) is 0. The van der Waals surface area contributed by atoms with Crippen LogP contribution in [0.15, 0.2) is 47.4 Å². The molecule has 1 atom stereocenters. The van der Waals surface area contributed by atoms with Gasteiger partial charge in [-0.2, -0.15) is 9.40 Å². The summed E-state index contributed by atoms with van der Waals surface area (Å²) in [7, 11) is -3.87. The monoisotopic (exact) mass is 589 g/mol. The molecule has 8 nitrogen and oxygen atoms in total. The number of aromatic nitrogens is 3. The molecule has 1 aliphatic rings. The fourth-order valence-electron chi connectivity index (χ4n) is 4.99. The van der Waals surface area contributed by atoms with Crippen LogP contribution in [0.3, 0.4) is 0 Å². The smallest absolute Gasteiger partial charge is 0.243 e. The number of piperidine rings is 1. The lowest BCUT2D eigenvalue weighted by atomic mass is 9.98. The normalized spacial score (nSPS) is 16.6. The molecule has 12 heteroatoms. The first-order valence-electron chi connectivity index (χ1n) is 12.7. The second kappa shape index (κ2) is 11.0. The van der Waals surface area contributed by atoms with Crippen molar-refractivity contribution in [3.05, 3.63) is 70.3 Å². The average molecular weight is 590 g/mol. The van der Waals surface area contributed by atoms with Gasteiger partial charge in [-0.25, -0.2) is 17.8 Å². The summed E-state index contributed by atoms with van der Waals surface area (Å²) < 4.78 is 44.0. The Labute approximate surface area is 236 Å². The second-order valence-corrected chi connectivity index (χ2v) is 13.2. The largest absolute Gasteiger partial charge is 0.286 e. The van der Waals surface area contributed by atoms with Crippen LogP contribution < -0.4 is 4.90 Å². The van der Waals surface area contributed by atoms with Crippen molar-refractivity contribution in [1.82, 2.24) is 19.1 Å². The number of carbonyl (C=O) groups excluding carboxylic acids is 1. The van der Waals surface area contributed by atoms with E-state index in [1.54, 1.807) is 4.90 Å². The Balaban J connectivity index is 1.44. The van der Waals surface area contributed by atoms with Crippen LogP contribution >= 0.6 is 22.9 Å². The van der Waals surface area contributed by atoms with Gasteiger partial charge in [0.1, 0.15) is 5.82 Å². The summed E-state index contributed by atoms with van der Waals surface area (Å²) in [5.74, 6) is -1.24. The van der Waals surface area contributed by atoms with Crippen molar-refractivity contribution in [1.29, 1.82) is 0 Å². The molecule has 0 radical (unpaired) electrons. The molecule has 1 fully saturated rings. The first-order chi connectivity index (χ1) is 18.5. The Morgan fingerprint density at radius 2 is 1.92 bits per heavy atom. The SMILES string of the molecule is Cc1cc(C)n(CCN(C(=O)C2CCCN(S(=O)(=O)c3ccc(F)cc3)C2)c2nc3c(C)cc(Cl)cc3s2)n1. The number of benzene rings is 2. The molecule has 0 aliphatic carbocycles. The minimum absolute atomic E-state index is 0.0110. The van der Waals surface area contributed by atoms with Gasteiger partial charge in [-0.15, -0.1) is 0 Å². The van der Waals surface area contributed by atoms with E-state index in [-0.39, 0.29) is 17.3 Å². The zero-order valence-electron chi connectivity index (χ0n) is 21.9. The van der Waals surface area contributed by atoms with Gasteiger partial charge in [-0.3, -0.25) is 14.4 Å². The first-order valence-corrected chi connectivity index (χ1v) is 15.3. The lowest BCUT2D eigenvalue weighted by Crippen LogP contribution is -2.47. The Morgan fingerprint density at radius 3 is 2.62 bits per heavy atom. The minimum atomic E-state index is -3.87. The van der Waals surface area contributed by atoms with Crippen molar-refractivity contribution in [3.63, 3.8) is 0 Å². The van der Waals surface area contributed by atoms with Gasteiger partial charge in [0.2, 0.25) is 15.9 Å². The molecular formula is C27H29ClFN5O3S2. The van der Waals surface area contributed by atoms with Crippen molar-refractivity contribution in [2.24, 2.45) is 5.92 Å². The van der Waals surface area contributed by atoms with Crippen LogP contribution in [-0.4, -0.2) is 53.0 Å². The van der Waals surface area contributed by atoms with Gasteiger partial charge in [0.05, 0.1) is 33.3 Å². The predicted octanol–water partition coefficient (Wildman–Crippen LogP) is 5.34. The number of carbonyl (C=O) groups is 1. The highest BCUT2D eigenvalue weighted by atomic mass is 35.5. The van der Waals surface area contributed by atoms with E-state index in [2.05, 4.69) is 5.10 Å². The second-order valence-electron chi connectivity index (χ2n) is 9.86. The van der Waals surface area contributed by atoms with Gasteiger partial charge >= 0.3 is 0 Å². The van der Waals surface area contributed by atoms with E-state index in [0.29, 0.717) is 42.6 Å². The van der Waals surface area contributed by atoms with Gasteiger partial charge in [0, 0.05) is 30.4 Å². The standard InChI is InChI=1S/C27H29ClFN5O3S2/c1-17-13-21(28)15-24-25(17)30-27(38-24)33(11-12-34-19(3)14-18(2)31-34)26(35)20-5-4-10-32(16-20)39(36,37)23-8-6-22(29)7-9-23/h6-9,13-15,20H,4-5,10-12,16H2,1-3H3. The van der Waals surface area contributed by atoms with Crippen LogP contribution in [0.4, 0.5) is 9.52 Å². The minimum Gasteiger partial charge on any atom is -0.286 e. The van der Waals surface area contributed by atoms with Crippen molar-refractivity contribution in [2.45, 2.75) is 45.1 Å². The van der Waals surface area contributed by atoms with E-state index in [1.807, 2.05) is 43.7 Å². The van der Waals surface area contributed by atoms with Crippen LogP contribution in [0, 0.1) is 32.5 Å². The van der Waals surface area contributed by atoms with Crippen LogP contribution in [-0.2, 0) is 21.4 Å². The third kappa shape index (κ3) is 5.72. The van der Waals surface area contributed by atoms with E-state index in [1.165, 1.54) is 27.8 Å². The Bertz CT molecular complexity index is 1640. The maximum absolute atomic E-state index is 14.1. The summed E-state index contributed by atoms with van der Waals surface area (Å²) in [5, 5.41) is 5.67. The Hall–Kier alpha value is -2.86. The summed E-state index contributed by atoms with van der Waals surface area (Å²) in [4.78, 5) is 20.5. The zero-order chi connectivity index (χ0) is 27.9. The molecule has 0 N–H and O–H groups in total. The topological polar surface area (TPSA) is 88.4 Å². The predicted molar refractivity (Wildman–Crippen MR) is 151 cm³/mol. The maximum Gasteiger partial charge on any atom is 0.243 e. The number of sulfonamides is 1. The van der Waals surface area contributed by atoms with Crippen LogP contribution in [0.25, 0.3) is 10.2 Å². The van der Waals surface area contributed by atoms with Crippen LogP contribution in [0.1, 0.15) is 29.8 Å². The van der Waals surface area contributed by atoms with E-state index >= 15 is 0 Å². The molecule has 1 amide bonds. The van der Waals surface area contributed by atoms with Crippen LogP contribution in [0.5, 0.6) is 0 Å². The van der Waals surface area contributed by atoms with Gasteiger partial charge in [-0.1, -0.05) is 22.9 Å². The van der Waals surface area contributed by atoms with Crippen LogP contribution in [0.2, 0.25) is 5.02 Å². The van der Waals surface area contributed by atoms with Crippen molar-refractivity contribution < 1.29 is 17.6 Å². The van der Waals surface area contributed by atoms with Gasteiger partial charge in [-0.05, 0) is 81.6 Å². The molecule has 0 spiro atoms. The molecule has 5 rings (SSSR count). The number of fused-ring (bicyclic) bond motifs is 1. The summed E-state index contributed by atoms with van der Waals surface area (Å²) >= 11 is 7.67. The van der Waals surface area contributed by atoms with Gasteiger partial charge in [0.15, 0.2) is 5.13 Å². The number of nitrogens with zero attached hydrogens (tertiary/aromatic N) is 5. The first kappa shape index (κ1) is 27.7. The number of rotatable bonds is 7. The summed E-state index contributed by atoms with van der Waals surface area (Å²) in [5.41, 5.74) is 3.58. The van der Waals surface area contributed by atoms with Crippen molar-refractivity contribution in [3.8, 4) is 0 Å². The van der Waals surface area contributed by atoms with E-state index in [0.717, 1.165) is 39.3 Å². The lowest BCUT2D eigenvalue weighted by Gasteiger charge is -2.33. The molecule has 3 heterocycles. The highest BCUT2D eigenvalue weighted by molar-refractivity contribution is 7.89. The van der Waals surface area contributed by atoms with Crippen molar-refractivity contribution in [2.75, 3.05) is 24.5 Å². The molecular weight excluding hydrogens is 561 g/mol. The number of aryl methyl sites for hydroxylation is 3. The van der Waals surface area contributed by atoms with E-state index in [4.69, 9.17) is 16.6 Å². The van der Waals surface area contributed by atoms with E-state index in [9.17, 15) is 17.6 Å². The highest BCUT2D eigenvalue weighted by Gasteiger charge is 2.36. The number of anilines is 1. The third-order valence-electron chi connectivity index (χ3n) is 6.96. The molecule has 0 saturated carbocycles. The Kier molecular flexibility index (Phi) is 7.78. The lowest BCUT2D eigenvalue weighted by molar-refractivity contribution is -0.123. The fourth-order valence-corrected chi connectivity index (χ4v) is 7.97. The summed E-state index contributed by atoms with van der Waals surface area (Å²) in [6.07, 6.45) is 1.09. The molecule has 2 aromatic carbocycles. The van der Waals surface area contributed by atoms with Gasteiger partial charge in [0.25, 0.3) is 0 Å². The van der Waals surface area contributed by atoms with Crippen molar-refractivity contribution >= 4 is 54.2 Å². The molecule has 2 aromatic heterocycles. The fraction of sp³-hybridized carbons (Fsp3) is 0.370. The molecule has 1 aliphatic heterocycles. The zero-order valence-corrected chi connectivity index (χ0v) is 24.3. The molecule has 1 saturated heterocycles.